The first-order valence-corrected chi connectivity index (χ1v) is 7.24. The second kappa shape index (κ2) is 7.10. The van der Waals surface area contributed by atoms with Crippen molar-refractivity contribution in [2.75, 3.05) is 6.61 Å². The first-order chi connectivity index (χ1) is 9.69. The molecule has 0 heterocycles. The van der Waals surface area contributed by atoms with Gasteiger partial charge in [0.15, 0.2) is 0 Å². The zero-order valence-electron chi connectivity index (χ0n) is 11.2. The van der Waals surface area contributed by atoms with Crippen molar-refractivity contribution in [2.24, 2.45) is 0 Å². The van der Waals surface area contributed by atoms with Crippen molar-refractivity contribution < 1.29 is 9.53 Å². The van der Waals surface area contributed by atoms with Gasteiger partial charge in [-0.3, -0.25) is 4.79 Å². The van der Waals surface area contributed by atoms with Crippen LogP contribution in [0.25, 0.3) is 0 Å². The van der Waals surface area contributed by atoms with E-state index in [2.05, 4.69) is 21.2 Å². The number of carbonyl (C=O) groups excluding carboxylic acids is 1. The van der Waals surface area contributed by atoms with Gasteiger partial charge < -0.3 is 10.1 Å². The lowest BCUT2D eigenvalue weighted by molar-refractivity contribution is 0.0951. The van der Waals surface area contributed by atoms with Crippen LogP contribution in [0.4, 0.5) is 0 Å². The number of halogens is 1. The van der Waals surface area contributed by atoms with Crippen molar-refractivity contribution in [1.82, 2.24) is 5.32 Å². The smallest absolute Gasteiger partial charge is 0.251 e. The van der Waals surface area contributed by atoms with Crippen LogP contribution in [0.2, 0.25) is 0 Å². The van der Waals surface area contributed by atoms with E-state index in [0.29, 0.717) is 18.7 Å². The molecule has 0 radical (unpaired) electrons. The molecule has 0 bridgehead atoms. The van der Waals surface area contributed by atoms with Crippen molar-refractivity contribution in [3.8, 4) is 5.75 Å². The van der Waals surface area contributed by atoms with Crippen LogP contribution in [-0.4, -0.2) is 12.5 Å². The molecule has 0 aliphatic carbocycles. The van der Waals surface area contributed by atoms with Gasteiger partial charge in [-0.25, -0.2) is 0 Å². The van der Waals surface area contributed by atoms with Gasteiger partial charge in [-0.2, -0.15) is 0 Å². The Morgan fingerprint density at radius 1 is 1.10 bits per heavy atom. The fourth-order valence-electron chi connectivity index (χ4n) is 1.76. The number of ether oxygens (including phenoxy) is 1. The van der Waals surface area contributed by atoms with Crippen molar-refractivity contribution in [1.29, 1.82) is 0 Å². The van der Waals surface area contributed by atoms with Crippen LogP contribution < -0.4 is 10.1 Å². The number of benzene rings is 2. The Balaban J connectivity index is 1.91. The van der Waals surface area contributed by atoms with Gasteiger partial charge in [-0.05, 0) is 48.9 Å². The predicted molar refractivity (Wildman–Crippen MR) is 82.9 cm³/mol. The molecule has 0 spiro atoms. The van der Waals surface area contributed by atoms with Gasteiger partial charge in [-0.1, -0.05) is 28.1 Å². The summed E-state index contributed by atoms with van der Waals surface area (Å²) in [6.45, 7) is 3.10. The van der Waals surface area contributed by atoms with Crippen molar-refractivity contribution in [2.45, 2.75) is 13.5 Å². The number of amides is 1. The molecular weight excluding hydrogens is 318 g/mol. The van der Waals surface area contributed by atoms with Gasteiger partial charge in [0.1, 0.15) is 5.75 Å². The van der Waals surface area contributed by atoms with E-state index in [1.165, 1.54) is 0 Å². The zero-order chi connectivity index (χ0) is 14.4. The second-order valence-corrected chi connectivity index (χ2v) is 5.18. The van der Waals surface area contributed by atoms with Crippen LogP contribution in [0.1, 0.15) is 22.8 Å². The molecule has 1 N–H and O–H groups in total. The molecule has 0 atom stereocenters. The van der Waals surface area contributed by atoms with Crippen molar-refractivity contribution in [3.63, 3.8) is 0 Å². The number of carbonyl (C=O) groups is 1. The topological polar surface area (TPSA) is 38.3 Å². The van der Waals surface area contributed by atoms with Crippen LogP contribution in [0.5, 0.6) is 5.75 Å². The maximum Gasteiger partial charge on any atom is 0.251 e. The number of hydrogen-bond donors (Lipinski definition) is 1. The Bertz CT molecular complexity index is 564. The maximum atomic E-state index is 11.9. The lowest BCUT2D eigenvalue weighted by atomic mass is 10.2. The Morgan fingerprint density at radius 2 is 1.75 bits per heavy atom. The number of rotatable bonds is 5. The first-order valence-electron chi connectivity index (χ1n) is 6.44. The summed E-state index contributed by atoms with van der Waals surface area (Å²) in [7, 11) is 0. The molecule has 2 aromatic carbocycles. The molecule has 104 valence electrons. The van der Waals surface area contributed by atoms with E-state index < -0.39 is 0 Å². The van der Waals surface area contributed by atoms with Crippen molar-refractivity contribution >= 4 is 21.8 Å². The predicted octanol–water partition coefficient (Wildman–Crippen LogP) is 3.78. The normalized spacial score (nSPS) is 10.1. The molecular formula is C16H16BrNO2. The van der Waals surface area contributed by atoms with Gasteiger partial charge >= 0.3 is 0 Å². The van der Waals surface area contributed by atoms with Gasteiger partial charge in [0, 0.05) is 16.6 Å². The summed E-state index contributed by atoms with van der Waals surface area (Å²) in [5.74, 6) is 0.766. The van der Waals surface area contributed by atoms with Gasteiger partial charge in [0.25, 0.3) is 5.91 Å². The molecule has 20 heavy (non-hydrogen) atoms. The highest BCUT2D eigenvalue weighted by molar-refractivity contribution is 9.10. The molecule has 2 aromatic rings. The lowest BCUT2D eigenvalue weighted by Gasteiger charge is -2.07. The molecule has 4 heteroatoms. The summed E-state index contributed by atoms with van der Waals surface area (Å²) in [4.78, 5) is 11.9. The third-order valence-electron chi connectivity index (χ3n) is 2.79. The summed E-state index contributed by atoms with van der Waals surface area (Å²) in [6, 6.07) is 15.0. The molecule has 3 nitrogen and oxygen atoms in total. The van der Waals surface area contributed by atoms with E-state index in [1.807, 2.05) is 43.3 Å². The molecule has 0 aliphatic rings. The molecule has 0 saturated carbocycles. The monoisotopic (exact) mass is 333 g/mol. The Kier molecular flexibility index (Phi) is 5.18. The fourth-order valence-corrected chi connectivity index (χ4v) is 2.02. The van der Waals surface area contributed by atoms with Crippen LogP contribution in [0, 0.1) is 0 Å². The van der Waals surface area contributed by atoms with Gasteiger partial charge in [0.05, 0.1) is 6.61 Å². The number of hydrogen-bond acceptors (Lipinski definition) is 2. The van der Waals surface area contributed by atoms with Crippen molar-refractivity contribution in [3.05, 3.63) is 64.1 Å². The Hall–Kier alpha value is -1.81. The summed E-state index contributed by atoms with van der Waals surface area (Å²) in [5, 5.41) is 2.89. The summed E-state index contributed by atoms with van der Waals surface area (Å²) in [6.07, 6.45) is 0. The zero-order valence-corrected chi connectivity index (χ0v) is 12.8. The highest BCUT2D eigenvalue weighted by atomic mass is 79.9. The fraction of sp³-hybridized carbons (Fsp3) is 0.188. The highest BCUT2D eigenvalue weighted by Gasteiger charge is 2.04. The summed E-state index contributed by atoms with van der Waals surface area (Å²) >= 11 is 3.35. The molecule has 0 aromatic heterocycles. The maximum absolute atomic E-state index is 11.9. The van der Waals surface area contributed by atoms with Crippen LogP contribution >= 0.6 is 15.9 Å². The molecule has 1 amide bonds. The summed E-state index contributed by atoms with van der Waals surface area (Å²) in [5.41, 5.74) is 1.69. The summed E-state index contributed by atoms with van der Waals surface area (Å²) < 4.78 is 6.33. The third-order valence-corrected chi connectivity index (χ3v) is 3.32. The average Bonchev–Trinajstić information content (AvgIpc) is 2.47. The Labute approximate surface area is 127 Å². The Morgan fingerprint density at radius 3 is 2.35 bits per heavy atom. The molecule has 0 fully saturated rings. The third kappa shape index (κ3) is 4.10. The van der Waals surface area contributed by atoms with E-state index in [9.17, 15) is 4.79 Å². The first kappa shape index (κ1) is 14.6. The standard InChI is InChI=1S/C16H16BrNO2/c1-2-20-15-9-3-12(4-10-15)11-18-16(19)13-5-7-14(17)8-6-13/h3-10H,2,11H2,1H3,(H,18,19). The van der Waals surface area contributed by atoms with E-state index in [-0.39, 0.29) is 5.91 Å². The minimum absolute atomic E-state index is 0.0774. The average molecular weight is 334 g/mol. The molecule has 0 unspecified atom stereocenters. The highest BCUT2D eigenvalue weighted by Crippen LogP contribution is 2.13. The SMILES string of the molecule is CCOc1ccc(CNC(=O)c2ccc(Br)cc2)cc1. The molecule has 0 saturated heterocycles. The second-order valence-electron chi connectivity index (χ2n) is 4.27. The van der Waals surface area contributed by atoms with Crippen LogP contribution in [-0.2, 0) is 6.54 Å². The van der Waals surface area contributed by atoms with Gasteiger partial charge in [0.2, 0.25) is 0 Å². The van der Waals surface area contributed by atoms with E-state index >= 15 is 0 Å². The van der Waals surface area contributed by atoms with Crippen LogP contribution in [0.15, 0.2) is 53.0 Å². The number of nitrogens with one attached hydrogen (secondary N) is 1. The lowest BCUT2D eigenvalue weighted by Crippen LogP contribution is -2.22. The largest absolute Gasteiger partial charge is 0.494 e. The molecule has 2 rings (SSSR count). The minimum Gasteiger partial charge on any atom is -0.494 e. The van der Waals surface area contributed by atoms with Gasteiger partial charge in [-0.15, -0.1) is 0 Å². The minimum atomic E-state index is -0.0774. The quantitative estimate of drug-likeness (QED) is 0.904. The molecule has 0 aliphatic heterocycles. The van der Waals surface area contributed by atoms with E-state index in [0.717, 1.165) is 15.8 Å². The van der Waals surface area contributed by atoms with E-state index in [4.69, 9.17) is 4.74 Å². The van der Waals surface area contributed by atoms with Crippen LogP contribution in [0.3, 0.4) is 0 Å². The van der Waals surface area contributed by atoms with E-state index in [1.54, 1.807) is 12.1 Å².